The third-order valence-corrected chi connectivity index (χ3v) is 10.4. The van der Waals surface area contributed by atoms with Gasteiger partial charge in [0.05, 0.1) is 10.9 Å². The molecule has 1 amide bonds. The molecule has 2 fully saturated rings. The lowest BCUT2D eigenvalue weighted by molar-refractivity contribution is 0.102. The Kier molecular flexibility index (Phi) is 6.31. The highest BCUT2D eigenvalue weighted by molar-refractivity contribution is 7.92. The van der Waals surface area contributed by atoms with Crippen LogP contribution in [-0.4, -0.2) is 14.3 Å². The quantitative estimate of drug-likeness (QED) is 0.230. The third kappa shape index (κ3) is 4.76. The molecule has 8 heteroatoms. The molecule has 4 aromatic rings. The van der Waals surface area contributed by atoms with Crippen LogP contribution in [-0.2, 0) is 10.0 Å². The van der Waals surface area contributed by atoms with Gasteiger partial charge in [-0.05, 0) is 121 Å². The Bertz CT molecular complexity index is 1710. The number of rotatable bonds is 6. The highest BCUT2D eigenvalue weighted by atomic mass is 32.2. The zero-order chi connectivity index (χ0) is 28.1. The number of hydrogen-bond acceptors (Lipinski definition) is 4. The summed E-state index contributed by atoms with van der Waals surface area (Å²) < 4.78 is 41.1. The van der Waals surface area contributed by atoms with Crippen LogP contribution in [0.5, 0.6) is 0 Å². The number of amides is 1. The molecule has 5 atom stereocenters. The first-order valence-corrected chi connectivity index (χ1v) is 15.5. The summed E-state index contributed by atoms with van der Waals surface area (Å²) in [6, 6.07) is 28.0. The molecule has 1 heterocycles. The van der Waals surface area contributed by atoms with Gasteiger partial charge in [0.25, 0.3) is 15.9 Å². The van der Waals surface area contributed by atoms with Crippen molar-refractivity contribution in [3.05, 3.63) is 120 Å². The molecular formula is C33H30FN3O3S. The minimum Gasteiger partial charge on any atom is -0.378 e. The molecule has 7 rings (SSSR count). The van der Waals surface area contributed by atoms with Gasteiger partial charge in [0.2, 0.25) is 0 Å². The molecule has 0 unspecified atom stereocenters. The van der Waals surface area contributed by atoms with Gasteiger partial charge in [0.1, 0.15) is 5.82 Å². The molecular weight excluding hydrogens is 537 g/mol. The van der Waals surface area contributed by atoms with E-state index in [1.807, 2.05) is 18.2 Å². The molecule has 0 spiro atoms. The van der Waals surface area contributed by atoms with Crippen LogP contribution in [0, 0.1) is 23.6 Å². The lowest BCUT2D eigenvalue weighted by Crippen LogP contribution is -2.35. The fraction of sp³-hybridized carbons (Fsp3) is 0.242. The van der Waals surface area contributed by atoms with E-state index >= 15 is 0 Å². The summed E-state index contributed by atoms with van der Waals surface area (Å²) in [6.45, 7) is 0. The van der Waals surface area contributed by atoms with E-state index in [2.05, 4.69) is 45.7 Å². The first kappa shape index (κ1) is 25.8. The molecule has 4 aromatic carbocycles. The van der Waals surface area contributed by atoms with Crippen molar-refractivity contribution in [1.29, 1.82) is 0 Å². The number of carbonyl (C=O) groups excluding carboxylic acids is 1. The summed E-state index contributed by atoms with van der Waals surface area (Å²) in [5.74, 6) is 1.60. The van der Waals surface area contributed by atoms with Gasteiger partial charge in [-0.25, -0.2) is 12.8 Å². The maximum Gasteiger partial charge on any atom is 0.261 e. The van der Waals surface area contributed by atoms with Crippen molar-refractivity contribution in [2.24, 2.45) is 17.8 Å². The summed E-state index contributed by atoms with van der Waals surface area (Å²) in [5, 5.41) is 6.72. The number of halogens is 1. The minimum absolute atomic E-state index is 0.0370. The Hall–Kier alpha value is -4.17. The molecule has 6 nitrogen and oxygen atoms in total. The van der Waals surface area contributed by atoms with Crippen molar-refractivity contribution >= 4 is 33.0 Å². The van der Waals surface area contributed by atoms with Crippen LogP contribution < -0.4 is 15.4 Å². The number of sulfonamides is 1. The second kappa shape index (κ2) is 10.0. The average molecular weight is 568 g/mol. The molecule has 41 heavy (non-hydrogen) atoms. The predicted molar refractivity (Wildman–Crippen MR) is 158 cm³/mol. The van der Waals surface area contributed by atoms with Crippen molar-refractivity contribution in [2.45, 2.75) is 36.1 Å². The van der Waals surface area contributed by atoms with Crippen LogP contribution in [0.4, 0.5) is 21.5 Å². The third-order valence-electron chi connectivity index (χ3n) is 9.03. The summed E-state index contributed by atoms with van der Waals surface area (Å²) in [7, 11) is -3.86. The summed E-state index contributed by atoms with van der Waals surface area (Å²) in [5.41, 5.74) is 5.00. The van der Waals surface area contributed by atoms with Crippen LogP contribution >= 0.6 is 0 Å². The zero-order valence-corrected chi connectivity index (χ0v) is 23.1. The SMILES string of the molecule is O=C(Nc1ccc(S(=O)(=O)Nc2ccc(F)cc2)cc1)c1ccc2c(c1)[C@@H]1[C@H]3CC[C@@H](C3)[C@H]1[C@@H](c1ccccc1)N2. The van der Waals surface area contributed by atoms with E-state index in [4.69, 9.17) is 0 Å². The van der Waals surface area contributed by atoms with Gasteiger partial charge in [-0.15, -0.1) is 0 Å². The van der Waals surface area contributed by atoms with Crippen LogP contribution in [0.1, 0.15) is 52.7 Å². The summed E-state index contributed by atoms with van der Waals surface area (Å²) in [6.07, 6.45) is 3.77. The first-order chi connectivity index (χ1) is 19.9. The van der Waals surface area contributed by atoms with Crippen LogP contribution in [0.15, 0.2) is 102 Å². The van der Waals surface area contributed by atoms with Gasteiger partial charge in [-0.2, -0.15) is 0 Å². The molecule has 0 aromatic heterocycles. The number of fused-ring (bicyclic) bond motifs is 7. The van der Waals surface area contributed by atoms with E-state index < -0.39 is 15.8 Å². The Labute approximate surface area is 239 Å². The number of nitrogens with one attached hydrogen (secondary N) is 3. The highest BCUT2D eigenvalue weighted by Gasteiger charge is 2.53. The van der Waals surface area contributed by atoms with Gasteiger partial charge in [-0.3, -0.25) is 9.52 Å². The second-order valence-electron chi connectivity index (χ2n) is 11.4. The van der Waals surface area contributed by atoms with Gasteiger partial charge in [0.15, 0.2) is 0 Å². The lowest BCUT2D eigenvalue weighted by Gasteiger charge is -2.43. The number of carbonyl (C=O) groups is 1. The fourth-order valence-corrected chi connectivity index (χ4v) is 8.33. The number of anilines is 3. The lowest BCUT2D eigenvalue weighted by atomic mass is 9.68. The molecule has 3 N–H and O–H groups in total. The largest absolute Gasteiger partial charge is 0.378 e. The molecule has 2 aliphatic carbocycles. The van der Waals surface area contributed by atoms with Gasteiger partial charge < -0.3 is 10.6 Å². The first-order valence-electron chi connectivity index (χ1n) is 14.0. The Balaban J connectivity index is 1.10. The van der Waals surface area contributed by atoms with Crippen molar-refractivity contribution < 1.29 is 17.6 Å². The summed E-state index contributed by atoms with van der Waals surface area (Å²) in [4.78, 5) is 13.3. The van der Waals surface area contributed by atoms with Gasteiger partial charge >= 0.3 is 0 Å². The Morgan fingerprint density at radius 2 is 1.54 bits per heavy atom. The second-order valence-corrected chi connectivity index (χ2v) is 13.0. The number of hydrogen-bond donors (Lipinski definition) is 3. The normalized spacial score (nSPS) is 24.2. The smallest absolute Gasteiger partial charge is 0.261 e. The maximum absolute atomic E-state index is 13.3. The number of benzene rings is 4. The van der Waals surface area contributed by atoms with E-state index in [0.717, 1.165) is 5.69 Å². The van der Waals surface area contributed by atoms with Crippen molar-refractivity contribution in [3.63, 3.8) is 0 Å². The Morgan fingerprint density at radius 1 is 0.829 bits per heavy atom. The molecule has 2 bridgehead atoms. The monoisotopic (exact) mass is 567 g/mol. The highest BCUT2D eigenvalue weighted by Crippen LogP contribution is 2.63. The van der Waals surface area contributed by atoms with Crippen molar-refractivity contribution in [3.8, 4) is 0 Å². The standard InChI is InChI=1S/C33H30FN3O3S/c34-24-9-11-26(12-10-24)37-41(39,40)27-15-13-25(14-16-27)35-33(38)23-8-17-29-28(19-23)30-21-6-7-22(18-21)31(30)32(36-29)20-4-2-1-3-5-20/h1-5,8-17,19,21-22,30-32,36-37H,6-7,18H2,(H,35,38)/t21-,22-,30-,31+,32+/m0/s1. The summed E-state index contributed by atoms with van der Waals surface area (Å²) >= 11 is 0. The molecule has 2 saturated carbocycles. The van der Waals surface area contributed by atoms with Crippen LogP contribution in [0.2, 0.25) is 0 Å². The van der Waals surface area contributed by atoms with E-state index in [9.17, 15) is 17.6 Å². The molecule has 208 valence electrons. The Morgan fingerprint density at radius 3 is 2.29 bits per heavy atom. The minimum atomic E-state index is -3.86. The van der Waals surface area contributed by atoms with E-state index in [0.29, 0.717) is 34.9 Å². The van der Waals surface area contributed by atoms with Crippen molar-refractivity contribution in [1.82, 2.24) is 0 Å². The topological polar surface area (TPSA) is 87.3 Å². The predicted octanol–water partition coefficient (Wildman–Crippen LogP) is 7.18. The van der Waals surface area contributed by atoms with E-state index in [1.165, 1.54) is 66.8 Å². The average Bonchev–Trinajstić information content (AvgIpc) is 3.62. The van der Waals surface area contributed by atoms with Gasteiger partial charge in [0, 0.05) is 22.6 Å². The maximum atomic E-state index is 13.3. The fourth-order valence-electron chi connectivity index (χ4n) is 7.27. The molecule has 0 saturated heterocycles. The van der Waals surface area contributed by atoms with Crippen LogP contribution in [0.3, 0.4) is 0 Å². The van der Waals surface area contributed by atoms with Gasteiger partial charge in [-0.1, -0.05) is 30.3 Å². The van der Waals surface area contributed by atoms with Crippen LogP contribution in [0.25, 0.3) is 0 Å². The molecule has 0 radical (unpaired) electrons. The molecule has 3 aliphatic rings. The molecule has 1 aliphatic heterocycles. The zero-order valence-electron chi connectivity index (χ0n) is 22.3. The van der Waals surface area contributed by atoms with Crippen molar-refractivity contribution in [2.75, 3.05) is 15.4 Å². The van der Waals surface area contributed by atoms with E-state index in [-0.39, 0.29) is 22.5 Å². The van der Waals surface area contributed by atoms with E-state index in [1.54, 1.807) is 12.1 Å².